The monoisotopic (exact) mass is 289 g/mol. The zero-order chi connectivity index (χ0) is 15.1. The summed E-state index contributed by atoms with van der Waals surface area (Å²) in [6, 6.07) is 1.42. The summed E-state index contributed by atoms with van der Waals surface area (Å²) in [7, 11) is 0. The number of anilines is 1. The van der Waals surface area contributed by atoms with E-state index < -0.39 is 10.5 Å². The van der Waals surface area contributed by atoms with Gasteiger partial charge in [-0.05, 0) is 6.92 Å². The molecule has 0 aromatic carbocycles. The van der Waals surface area contributed by atoms with Crippen LogP contribution in [0.4, 0.5) is 11.6 Å². The fourth-order valence-corrected chi connectivity index (χ4v) is 2.05. The minimum atomic E-state index is -0.488. The van der Waals surface area contributed by atoms with E-state index in [1.165, 1.54) is 12.3 Å². The molecule has 3 aromatic heterocycles. The van der Waals surface area contributed by atoms with Crippen molar-refractivity contribution < 1.29 is 4.92 Å². The van der Waals surface area contributed by atoms with E-state index in [0.717, 1.165) is 0 Å². The van der Waals surface area contributed by atoms with Crippen molar-refractivity contribution in [1.29, 1.82) is 0 Å². The van der Waals surface area contributed by atoms with Gasteiger partial charge in [0.15, 0.2) is 11.2 Å². The van der Waals surface area contributed by atoms with Crippen molar-refractivity contribution in [3.05, 3.63) is 44.2 Å². The Morgan fingerprint density at radius 3 is 2.81 bits per heavy atom. The molecule has 0 saturated carbocycles. The second-order valence-electron chi connectivity index (χ2n) is 4.56. The predicted octanol–water partition coefficient (Wildman–Crippen LogP) is 0.616. The van der Waals surface area contributed by atoms with Crippen LogP contribution in [0.15, 0.2) is 17.1 Å². The summed E-state index contributed by atoms with van der Waals surface area (Å²) in [4.78, 5) is 38.1. The van der Waals surface area contributed by atoms with Crippen LogP contribution in [-0.2, 0) is 0 Å². The Hall–Kier alpha value is -3.17. The summed E-state index contributed by atoms with van der Waals surface area (Å²) >= 11 is 0. The van der Waals surface area contributed by atoms with Crippen LogP contribution >= 0.6 is 0 Å². The normalized spacial score (nSPS) is 12.6. The van der Waals surface area contributed by atoms with Gasteiger partial charge in [0.2, 0.25) is 5.95 Å². The lowest BCUT2D eigenvalue weighted by Gasteiger charge is -2.04. The van der Waals surface area contributed by atoms with Crippen molar-refractivity contribution in [3.63, 3.8) is 0 Å². The van der Waals surface area contributed by atoms with Gasteiger partial charge in [-0.15, -0.1) is 0 Å². The van der Waals surface area contributed by atoms with Gasteiger partial charge in [-0.2, -0.15) is 4.98 Å². The molecule has 1 atom stereocenters. The number of hydrogen-bond donors (Lipinski definition) is 4. The number of aromatic amines is 3. The van der Waals surface area contributed by atoms with E-state index in [-0.39, 0.29) is 28.7 Å². The first-order valence-corrected chi connectivity index (χ1v) is 6.04. The molecular formula is C11H11N7O3. The molecule has 0 spiro atoms. The number of rotatable bonds is 3. The average molecular weight is 289 g/mol. The zero-order valence-electron chi connectivity index (χ0n) is 10.9. The first-order valence-electron chi connectivity index (χ1n) is 6.04. The summed E-state index contributed by atoms with van der Waals surface area (Å²) in [6.45, 7) is 1.80. The highest BCUT2D eigenvalue weighted by Gasteiger charge is 2.19. The Bertz CT molecular complexity index is 891. The second-order valence-corrected chi connectivity index (χ2v) is 4.56. The minimum absolute atomic E-state index is 0.0197. The highest BCUT2D eigenvalue weighted by molar-refractivity contribution is 5.70. The molecule has 0 amide bonds. The van der Waals surface area contributed by atoms with E-state index in [4.69, 9.17) is 5.73 Å². The lowest BCUT2D eigenvalue weighted by atomic mass is 10.1. The van der Waals surface area contributed by atoms with E-state index in [9.17, 15) is 14.9 Å². The third-order valence-corrected chi connectivity index (χ3v) is 3.18. The third-order valence-electron chi connectivity index (χ3n) is 3.18. The maximum atomic E-state index is 11.7. The van der Waals surface area contributed by atoms with E-state index in [1.807, 2.05) is 0 Å². The number of aromatic nitrogens is 5. The van der Waals surface area contributed by atoms with Crippen molar-refractivity contribution in [3.8, 4) is 0 Å². The molecule has 0 saturated heterocycles. The van der Waals surface area contributed by atoms with Gasteiger partial charge in [-0.3, -0.25) is 19.9 Å². The van der Waals surface area contributed by atoms with Gasteiger partial charge in [-0.1, -0.05) is 0 Å². The summed E-state index contributed by atoms with van der Waals surface area (Å²) in [5.41, 5.74) is 6.03. The number of fused-ring (bicyclic) bond motifs is 1. The van der Waals surface area contributed by atoms with Crippen molar-refractivity contribution in [2.75, 3.05) is 5.73 Å². The number of nitrogen functional groups attached to an aromatic ring is 1. The average Bonchev–Trinajstić information content (AvgIpc) is 3.04. The van der Waals surface area contributed by atoms with Gasteiger partial charge in [0.25, 0.3) is 11.2 Å². The van der Waals surface area contributed by atoms with Crippen molar-refractivity contribution >= 4 is 22.8 Å². The number of nitrogens with two attached hydrogens (primary N) is 1. The van der Waals surface area contributed by atoms with Crippen LogP contribution in [0.1, 0.15) is 24.4 Å². The number of imidazole rings is 1. The third kappa shape index (κ3) is 2.12. The predicted molar refractivity (Wildman–Crippen MR) is 73.9 cm³/mol. The topological polar surface area (TPSA) is 159 Å². The number of nitrogens with zero attached hydrogens (tertiary/aromatic N) is 3. The maximum Gasteiger partial charge on any atom is 0.287 e. The molecule has 1 unspecified atom stereocenters. The van der Waals surface area contributed by atoms with Crippen LogP contribution in [0.3, 0.4) is 0 Å². The molecule has 0 aliphatic rings. The van der Waals surface area contributed by atoms with Gasteiger partial charge in [-0.25, -0.2) is 4.98 Å². The molecule has 0 radical (unpaired) electrons. The van der Waals surface area contributed by atoms with Gasteiger partial charge in [0, 0.05) is 11.8 Å². The van der Waals surface area contributed by atoms with E-state index >= 15 is 0 Å². The van der Waals surface area contributed by atoms with Crippen LogP contribution in [0.2, 0.25) is 0 Å². The number of H-pyrrole nitrogens is 3. The Morgan fingerprint density at radius 2 is 2.14 bits per heavy atom. The fraction of sp³-hybridized carbons (Fsp3) is 0.182. The highest BCUT2D eigenvalue weighted by Crippen LogP contribution is 2.25. The van der Waals surface area contributed by atoms with Gasteiger partial charge < -0.3 is 15.7 Å². The van der Waals surface area contributed by atoms with Crippen molar-refractivity contribution in [1.82, 2.24) is 24.9 Å². The summed E-state index contributed by atoms with van der Waals surface area (Å²) < 4.78 is 0. The smallest absolute Gasteiger partial charge is 0.287 e. The van der Waals surface area contributed by atoms with Crippen LogP contribution in [0.5, 0.6) is 0 Å². The van der Waals surface area contributed by atoms with Crippen LogP contribution in [-0.4, -0.2) is 29.8 Å². The summed E-state index contributed by atoms with van der Waals surface area (Å²) in [5.74, 6) is 0.146. The molecule has 5 N–H and O–H groups in total. The molecule has 3 aromatic rings. The summed E-state index contributed by atoms with van der Waals surface area (Å²) in [6.07, 6.45) is 1.30. The molecule has 0 aliphatic heterocycles. The Balaban J connectivity index is 2.04. The number of nitro groups is 1. The van der Waals surface area contributed by atoms with Gasteiger partial charge in [0.05, 0.1) is 17.0 Å². The second kappa shape index (κ2) is 4.44. The van der Waals surface area contributed by atoms with Gasteiger partial charge in [0.1, 0.15) is 5.82 Å². The molecule has 0 fully saturated rings. The molecule has 3 heterocycles. The van der Waals surface area contributed by atoms with Crippen LogP contribution in [0.25, 0.3) is 11.2 Å². The fourth-order valence-electron chi connectivity index (χ4n) is 2.05. The van der Waals surface area contributed by atoms with Gasteiger partial charge >= 0.3 is 0 Å². The molecule has 0 aliphatic carbocycles. The van der Waals surface area contributed by atoms with E-state index in [0.29, 0.717) is 11.5 Å². The highest BCUT2D eigenvalue weighted by atomic mass is 16.6. The first kappa shape index (κ1) is 12.8. The Labute approximate surface area is 116 Å². The molecule has 3 rings (SSSR count). The minimum Gasteiger partial charge on any atom is -0.369 e. The number of hydrogen-bond acceptors (Lipinski definition) is 6. The van der Waals surface area contributed by atoms with E-state index in [1.54, 1.807) is 6.92 Å². The maximum absolute atomic E-state index is 11.7. The SMILES string of the molecule is CC(c1cc([N+](=O)[O-])c[nH]1)c1nc2nc(N)[nH]c(=O)c2[nH]1. The quantitative estimate of drug-likeness (QED) is 0.408. The van der Waals surface area contributed by atoms with E-state index in [2.05, 4.69) is 24.9 Å². The van der Waals surface area contributed by atoms with Crippen molar-refractivity contribution in [2.24, 2.45) is 0 Å². The molecule has 108 valence electrons. The summed E-state index contributed by atoms with van der Waals surface area (Å²) in [5, 5.41) is 10.7. The first-order chi connectivity index (χ1) is 9.95. The van der Waals surface area contributed by atoms with Crippen LogP contribution < -0.4 is 11.3 Å². The Kier molecular flexibility index (Phi) is 2.71. The largest absolute Gasteiger partial charge is 0.369 e. The number of nitrogens with one attached hydrogen (secondary N) is 3. The molecule has 0 bridgehead atoms. The standard InChI is InChI=1S/C11H11N7O3/c1-4(6-2-5(3-13-6)18(20)21)8-14-7-9(15-8)16-11(12)17-10(7)19/h2-4,13H,1H3,(H4,12,14,15,16,17,19). The lowest BCUT2D eigenvalue weighted by Crippen LogP contribution is -2.10. The van der Waals surface area contributed by atoms with Crippen LogP contribution in [0, 0.1) is 10.1 Å². The zero-order valence-corrected chi connectivity index (χ0v) is 10.9. The molecule has 10 nitrogen and oxygen atoms in total. The molecule has 10 heteroatoms. The Morgan fingerprint density at radius 1 is 1.38 bits per heavy atom. The van der Waals surface area contributed by atoms with Crippen molar-refractivity contribution in [2.45, 2.75) is 12.8 Å². The molecule has 21 heavy (non-hydrogen) atoms. The lowest BCUT2D eigenvalue weighted by molar-refractivity contribution is -0.384. The molecular weight excluding hydrogens is 278 g/mol.